The quantitative estimate of drug-likeness (QED) is 0.661. The largest absolute Gasteiger partial charge is 0.490 e. The van der Waals surface area contributed by atoms with Gasteiger partial charge in [0.1, 0.15) is 0 Å². The van der Waals surface area contributed by atoms with Gasteiger partial charge in [0.25, 0.3) is 0 Å². The van der Waals surface area contributed by atoms with Crippen molar-refractivity contribution in [2.24, 2.45) is 0 Å². The number of hydrogen-bond acceptors (Lipinski definition) is 3. The molecule has 0 spiro atoms. The fraction of sp³-hybridized carbons (Fsp3) is 0.800. The van der Waals surface area contributed by atoms with Crippen molar-refractivity contribution in [2.75, 3.05) is 13.2 Å². The Balaban J connectivity index is 1.44. The van der Waals surface area contributed by atoms with E-state index in [1.807, 2.05) is 10.9 Å². The summed E-state index contributed by atoms with van der Waals surface area (Å²) in [5.41, 5.74) is 0. The molecule has 0 radical (unpaired) electrons. The molecule has 0 bridgehead atoms. The Morgan fingerprint density at radius 2 is 2.11 bits per heavy atom. The third-order valence-electron chi connectivity index (χ3n) is 3.46. The Morgan fingerprint density at radius 1 is 1.32 bits per heavy atom. The first-order valence-corrected chi connectivity index (χ1v) is 7.66. The molecule has 0 saturated heterocycles. The molecule has 4 heteroatoms. The summed E-state index contributed by atoms with van der Waals surface area (Å²) in [7, 11) is 0. The van der Waals surface area contributed by atoms with Gasteiger partial charge in [-0.3, -0.25) is 4.68 Å². The van der Waals surface area contributed by atoms with E-state index in [0.717, 1.165) is 24.8 Å². The highest BCUT2D eigenvalue weighted by Crippen LogP contribution is 2.18. The highest BCUT2D eigenvalue weighted by molar-refractivity contribution is 5.11. The molecule has 0 aromatic carbocycles. The van der Waals surface area contributed by atoms with Gasteiger partial charge in [-0.2, -0.15) is 5.10 Å². The molecule has 1 N–H and O–H groups in total. The van der Waals surface area contributed by atoms with Gasteiger partial charge in [-0.25, -0.2) is 0 Å². The van der Waals surface area contributed by atoms with Crippen LogP contribution < -0.4 is 10.1 Å². The maximum absolute atomic E-state index is 5.69. The molecule has 1 saturated carbocycles. The lowest BCUT2D eigenvalue weighted by Crippen LogP contribution is -2.17. The van der Waals surface area contributed by atoms with Gasteiger partial charge in [-0.15, -0.1) is 0 Å². The first-order valence-electron chi connectivity index (χ1n) is 7.66. The average molecular weight is 265 g/mol. The zero-order chi connectivity index (χ0) is 13.5. The minimum Gasteiger partial charge on any atom is -0.490 e. The van der Waals surface area contributed by atoms with Crippen LogP contribution in [0.2, 0.25) is 0 Å². The van der Waals surface area contributed by atoms with Gasteiger partial charge in [0, 0.05) is 12.1 Å². The van der Waals surface area contributed by atoms with Crippen molar-refractivity contribution in [3.63, 3.8) is 0 Å². The number of unbranched alkanes of at least 4 members (excludes halogenated alkanes) is 3. The Bertz CT molecular complexity index is 358. The second-order valence-electron chi connectivity index (χ2n) is 5.74. The molecule has 1 aromatic heterocycles. The minimum absolute atomic E-state index is 0.399. The van der Waals surface area contributed by atoms with Crippen LogP contribution in [0.4, 0.5) is 0 Å². The number of aromatic nitrogens is 2. The predicted molar refractivity (Wildman–Crippen MR) is 77.6 cm³/mol. The molecular formula is C15H27N3O. The van der Waals surface area contributed by atoms with Crippen molar-refractivity contribution in [3.8, 4) is 5.75 Å². The van der Waals surface area contributed by atoms with Crippen LogP contribution in [0.25, 0.3) is 0 Å². The van der Waals surface area contributed by atoms with E-state index in [4.69, 9.17) is 4.74 Å². The molecule has 0 aliphatic heterocycles. The van der Waals surface area contributed by atoms with Crippen LogP contribution in [-0.2, 0) is 0 Å². The summed E-state index contributed by atoms with van der Waals surface area (Å²) >= 11 is 0. The molecule has 19 heavy (non-hydrogen) atoms. The summed E-state index contributed by atoms with van der Waals surface area (Å²) in [4.78, 5) is 0. The molecule has 1 heterocycles. The third-order valence-corrected chi connectivity index (χ3v) is 3.46. The average Bonchev–Trinajstić information content (AvgIpc) is 3.08. The molecule has 4 nitrogen and oxygen atoms in total. The third kappa shape index (κ3) is 5.64. The van der Waals surface area contributed by atoms with Gasteiger partial charge in [0.2, 0.25) is 0 Å². The second kappa shape index (κ2) is 7.53. The molecule has 108 valence electrons. The van der Waals surface area contributed by atoms with Crippen LogP contribution in [0.1, 0.15) is 58.4 Å². The van der Waals surface area contributed by atoms with Crippen LogP contribution in [0.5, 0.6) is 5.75 Å². The SMILES string of the molecule is CC(C)n1cc(OCCCCCCNC2CC2)cn1. The number of rotatable bonds is 10. The van der Waals surface area contributed by atoms with Gasteiger partial charge in [0.15, 0.2) is 5.75 Å². The molecule has 0 atom stereocenters. The van der Waals surface area contributed by atoms with Crippen molar-refractivity contribution in [2.45, 2.75) is 64.5 Å². The number of nitrogens with zero attached hydrogens (tertiary/aromatic N) is 2. The Kier molecular flexibility index (Phi) is 5.70. The monoisotopic (exact) mass is 265 g/mol. The Hall–Kier alpha value is -1.03. The molecular weight excluding hydrogens is 238 g/mol. The Labute approximate surface area is 116 Å². The molecule has 0 amide bonds. The predicted octanol–water partition coefficient (Wildman–Crippen LogP) is 3.16. The zero-order valence-corrected chi connectivity index (χ0v) is 12.3. The molecule has 1 fully saturated rings. The van der Waals surface area contributed by atoms with E-state index in [0.29, 0.717) is 6.04 Å². The lowest BCUT2D eigenvalue weighted by molar-refractivity contribution is 0.304. The highest BCUT2D eigenvalue weighted by Gasteiger charge is 2.19. The molecule has 2 rings (SSSR count). The maximum Gasteiger partial charge on any atom is 0.157 e. The van der Waals surface area contributed by atoms with Crippen molar-refractivity contribution < 1.29 is 4.74 Å². The van der Waals surface area contributed by atoms with Crippen LogP contribution in [-0.4, -0.2) is 29.0 Å². The van der Waals surface area contributed by atoms with E-state index in [1.54, 1.807) is 6.20 Å². The molecule has 0 unspecified atom stereocenters. The van der Waals surface area contributed by atoms with Crippen molar-refractivity contribution in [1.29, 1.82) is 0 Å². The van der Waals surface area contributed by atoms with E-state index in [-0.39, 0.29) is 0 Å². The summed E-state index contributed by atoms with van der Waals surface area (Å²) in [5.74, 6) is 0.893. The van der Waals surface area contributed by atoms with E-state index >= 15 is 0 Å². The topological polar surface area (TPSA) is 39.1 Å². The molecule has 1 aliphatic carbocycles. The smallest absolute Gasteiger partial charge is 0.157 e. The van der Waals surface area contributed by atoms with Crippen LogP contribution >= 0.6 is 0 Å². The van der Waals surface area contributed by atoms with Crippen molar-refractivity contribution in [3.05, 3.63) is 12.4 Å². The standard InChI is InChI=1S/C15H27N3O/c1-13(2)18-12-15(11-17-18)19-10-6-4-3-5-9-16-14-7-8-14/h11-14,16H,3-10H2,1-2H3. The van der Waals surface area contributed by atoms with E-state index < -0.39 is 0 Å². The lowest BCUT2D eigenvalue weighted by atomic mass is 10.2. The zero-order valence-electron chi connectivity index (χ0n) is 12.3. The second-order valence-corrected chi connectivity index (χ2v) is 5.74. The van der Waals surface area contributed by atoms with Crippen LogP contribution in [0, 0.1) is 0 Å². The minimum atomic E-state index is 0.399. The molecule has 1 aromatic rings. The fourth-order valence-corrected chi connectivity index (χ4v) is 2.04. The summed E-state index contributed by atoms with van der Waals surface area (Å²) < 4.78 is 7.62. The van der Waals surface area contributed by atoms with E-state index in [2.05, 4.69) is 24.3 Å². The normalized spacial score (nSPS) is 15.1. The first-order chi connectivity index (χ1) is 9.25. The Morgan fingerprint density at radius 3 is 2.79 bits per heavy atom. The lowest BCUT2D eigenvalue weighted by Gasteiger charge is -2.05. The highest BCUT2D eigenvalue weighted by atomic mass is 16.5. The summed E-state index contributed by atoms with van der Waals surface area (Å²) in [5, 5.41) is 7.81. The number of ether oxygens (including phenoxy) is 1. The first kappa shape index (κ1) is 14.4. The van der Waals surface area contributed by atoms with Gasteiger partial charge < -0.3 is 10.1 Å². The molecule has 1 aliphatic rings. The van der Waals surface area contributed by atoms with E-state index in [1.165, 1.54) is 38.6 Å². The van der Waals surface area contributed by atoms with E-state index in [9.17, 15) is 0 Å². The van der Waals surface area contributed by atoms with Crippen molar-refractivity contribution >= 4 is 0 Å². The van der Waals surface area contributed by atoms with Crippen LogP contribution in [0.3, 0.4) is 0 Å². The summed E-state index contributed by atoms with van der Waals surface area (Å²) in [6, 6.07) is 1.25. The van der Waals surface area contributed by atoms with Gasteiger partial charge >= 0.3 is 0 Å². The van der Waals surface area contributed by atoms with Crippen molar-refractivity contribution in [1.82, 2.24) is 15.1 Å². The summed E-state index contributed by atoms with van der Waals surface area (Å²) in [6.45, 7) is 6.23. The van der Waals surface area contributed by atoms with Gasteiger partial charge in [-0.1, -0.05) is 12.8 Å². The van der Waals surface area contributed by atoms with Gasteiger partial charge in [0.05, 0.1) is 19.0 Å². The fourth-order valence-electron chi connectivity index (χ4n) is 2.04. The number of hydrogen-bond donors (Lipinski definition) is 1. The summed E-state index contributed by atoms with van der Waals surface area (Å²) in [6.07, 6.45) is 11.5. The number of nitrogens with one attached hydrogen (secondary N) is 1. The van der Waals surface area contributed by atoms with Crippen LogP contribution in [0.15, 0.2) is 12.4 Å². The van der Waals surface area contributed by atoms with Gasteiger partial charge in [-0.05, 0) is 46.1 Å². The maximum atomic E-state index is 5.69.